The highest BCUT2D eigenvalue weighted by Gasteiger charge is 2.50. The first-order valence-electron chi connectivity index (χ1n) is 10.6. The van der Waals surface area contributed by atoms with E-state index < -0.39 is 27.3 Å². The van der Waals surface area contributed by atoms with Crippen molar-refractivity contribution in [1.82, 2.24) is 9.21 Å². The van der Waals surface area contributed by atoms with Crippen molar-refractivity contribution in [2.75, 3.05) is 19.6 Å². The Morgan fingerprint density at radius 2 is 1.53 bits per heavy atom. The van der Waals surface area contributed by atoms with Crippen molar-refractivity contribution in [2.45, 2.75) is 43.5 Å². The Kier molecular flexibility index (Phi) is 6.60. The Balaban J connectivity index is 1.41. The van der Waals surface area contributed by atoms with Crippen molar-refractivity contribution >= 4 is 10.0 Å². The number of fused-ring (bicyclic) bond motifs is 1. The lowest BCUT2D eigenvalue weighted by Gasteiger charge is -2.40. The van der Waals surface area contributed by atoms with Crippen molar-refractivity contribution in [3.05, 3.63) is 59.2 Å². The summed E-state index contributed by atoms with van der Waals surface area (Å²) >= 11 is 0. The second-order valence-electron chi connectivity index (χ2n) is 8.32. The van der Waals surface area contributed by atoms with Gasteiger partial charge in [0.05, 0.1) is 5.56 Å². The summed E-state index contributed by atoms with van der Waals surface area (Å²) in [6.07, 6.45) is -3.24. The lowest BCUT2D eigenvalue weighted by molar-refractivity contribution is -0.137. The number of rotatable bonds is 4. The molecule has 2 heterocycles. The number of piperidine rings is 1. The van der Waals surface area contributed by atoms with Gasteiger partial charge in [-0.15, -0.1) is 0 Å². The van der Waals surface area contributed by atoms with Crippen molar-refractivity contribution in [2.24, 2.45) is 0 Å². The van der Waals surface area contributed by atoms with Gasteiger partial charge < -0.3 is 4.74 Å². The Morgan fingerprint density at radius 3 is 2.12 bits per heavy atom. The molecule has 0 bridgehead atoms. The van der Waals surface area contributed by atoms with E-state index in [1.807, 2.05) is 6.07 Å². The normalized spacial score (nSPS) is 19.1. The van der Waals surface area contributed by atoms with Crippen LogP contribution < -0.4 is 4.74 Å². The number of hydrogen-bond donors (Lipinski definition) is 0. The molecule has 0 unspecified atom stereocenters. The maximum absolute atomic E-state index is 12.8. The Hall–Kier alpha value is -2.31. The summed E-state index contributed by atoms with van der Waals surface area (Å²) in [6.45, 7) is 0.757. The van der Waals surface area contributed by atoms with Gasteiger partial charge in [-0.2, -0.15) is 30.6 Å². The average molecular weight is 508 g/mol. The highest BCUT2D eigenvalue weighted by molar-refractivity contribution is 7.90. The summed E-state index contributed by atoms with van der Waals surface area (Å²) in [6, 6.07) is 9.82. The van der Waals surface area contributed by atoms with Gasteiger partial charge in [0.1, 0.15) is 11.5 Å². The summed E-state index contributed by atoms with van der Waals surface area (Å²) in [5, 5.41) is 0. The molecule has 2 aliphatic rings. The fourth-order valence-corrected chi connectivity index (χ4v) is 5.42. The second kappa shape index (κ2) is 9.04. The maximum atomic E-state index is 12.8. The van der Waals surface area contributed by atoms with E-state index >= 15 is 0 Å². The Morgan fingerprint density at radius 1 is 0.882 bits per heavy atom. The van der Waals surface area contributed by atoms with Crippen molar-refractivity contribution in [3.63, 3.8) is 0 Å². The van der Waals surface area contributed by atoms with E-state index in [-0.39, 0.29) is 24.9 Å². The van der Waals surface area contributed by atoms with Gasteiger partial charge in [0, 0.05) is 37.8 Å². The van der Waals surface area contributed by atoms with Crippen LogP contribution in [-0.2, 0) is 29.2 Å². The van der Waals surface area contributed by atoms with E-state index in [9.17, 15) is 34.8 Å². The lowest BCUT2D eigenvalue weighted by atomic mass is 9.95. The van der Waals surface area contributed by atoms with Gasteiger partial charge in [-0.3, -0.25) is 4.90 Å². The van der Waals surface area contributed by atoms with E-state index in [4.69, 9.17) is 4.74 Å². The minimum absolute atomic E-state index is 0.0488. The molecule has 34 heavy (non-hydrogen) atoms. The molecule has 12 heteroatoms. The molecule has 2 aliphatic heterocycles. The molecule has 0 N–H and O–H groups in total. The fraction of sp³-hybridized carbons (Fsp3) is 0.455. The standard InChI is InChI=1S/C22H22F6N2O3S/c23-21(24,25)16-4-6-18(7-5-16)33-20-3-1-2-15-14-29(11-10-19(15)20)17-8-12-30(13-9-17)34(31,32)22(26,27)28/h1-7,17H,8-14H2. The van der Waals surface area contributed by atoms with Crippen molar-refractivity contribution in [3.8, 4) is 11.5 Å². The first-order valence-corrected chi connectivity index (χ1v) is 12.1. The zero-order chi connectivity index (χ0) is 24.7. The minimum Gasteiger partial charge on any atom is -0.457 e. The molecule has 186 valence electrons. The SMILES string of the molecule is O=S(=O)(N1CCC(N2CCc3c(cccc3Oc3ccc(C(F)(F)F)cc3)C2)CC1)C(F)(F)F. The largest absolute Gasteiger partial charge is 0.511 e. The quantitative estimate of drug-likeness (QED) is 0.535. The molecule has 0 aliphatic carbocycles. The number of halogens is 6. The first kappa shape index (κ1) is 24.8. The third-order valence-electron chi connectivity index (χ3n) is 6.23. The topological polar surface area (TPSA) is 49.9 Å². The van der Waals surface area contributed by atoms with E-state index in [0.29, 0.717) is 42.4 Å². The average Bonchev–Trinajstić information content (AvgIpc) is 2.78. The van der Waals surface area contributed by atoms with Crippen LogP contribution in [-0.4, -0.2) is 48.8 Å². The van der Waals surface area contributed by atoms with E-state index in [2.05, 4.69) is 4.90 Å². The van der Waals surface area contributed by atoms with Crippen molar-refractivity contribution < 1.29 is 39.5 Å². The van der Waals surface area contributed by atoms with Gasteiger partial charge in [-0.05, 0) is 55.2 Å². The zero-order valence-corrected chi connectivity index (χ0v) is 18.7. The second-order valence-corrected chi connectivity index (χ2v) is 10.2. The van der Waals surface area contributed by atoms with Crippen LogP contribution in [0.2, 0.25) is 0 Å². The molecule has 1 fully saturated rings. The van der Waals surface area contributed by atoms with Crippen LogP contribution in [0.3, 0.4) is 0 Å². The monoisotopic (exact) mass is 508 g/mol. The smallest absolute Gasteiger partial charge is 0.457 e. The van der Waals surface area contributed by atoms with Crippen LogP contribution in [0.5, 0.6) is 11.5 Å². The summed E-state index contributed by atoms with van der Waals surface area (Å²) in [4.78, 5) is 2.13. The van der Waals surface area contributed by atoms with E-state index in [0.717, 1.165) is 23.3 Å². The van der Waals surface area contributed by atoms with E-state index in [1.54, 1.807) is 12.1 Å². The molecule has 0 spiro atoms. The van der Waals surface area contributed by atoms with E-state index in [1.165, 1.54) is 12.1 Å². The molecule has 2 aromatic carbocycles. The number of ether oxygens (including phenoxy) is 1. The minimum atomic E-state index is -5.31. The summed E-state index contributed by atoms with van der Waals surface area (Å²) in [7, 11) is -5.31. The molecule has 0 aromatic heterocycles. The van der Waals surface area contributed by atoms with Gasteiger partial charge in [-0.1, -0.05) is 12.1 Å². The molecule has 0 radical (unpaired) electrons. The molecular weight excluding hydrogens is 486 g/mol. The zero-order valence-electron chi connectivity index (χ0n) is 17.9. The molecule has 1 saturated heterocycles. The molecule has 0 amide bonds. The van der Waals surface area contributed by atoms with Gasteiger partial charge in [-0.25, -0.2) is 8.42 Å². The Bertz CT molecular complexity index is 1120. The molecule has 2 aromatic rings. The highest BCUT2D eigenvalue weighted by atomic mass is 32.2. The van der Waals surface area contributed by atoms with Crippen molar-refractivity contribution in [1.29, 1.82) is 0 Å². The lowest BCUT2D eigenvalue weighted by Crippen LogP contribution is -2.50. The number of alkyl halides is 6. The first-order chi connectivity index (χ1) is 15.9. The van der Waals surface area contributed by atoms with Crippen LogP contribution >= 0.6 is 0 Å². The summed E-state index contributed by atoms with van der Waals surface area (Å²) in [5.74, 6) is 0.824. The summed E-state index contributed by atoms with van der Waals surface area (Å²) < 4.78 is 106. The van der Waals surface area contributed by atoms with Crippen LogP contribution in [0.15, 0.2) is 42.5 Å². The molecule has 5 nitrogen and oxygen atoms in total. The third-order valence-corrected chi connectivity index (χ3v) is 7.86. The Labute approximate surface area is 193 Å². The van der Waals surface area contributed by atoms with Crippen LogP contribution in [0, 0.1) is 0 Å². The van der Waals surface area contributed by atoms with Crippen LogP contribution in [0.25, 0.3) is 0 Å². The number of sulfonamides is 1. The highest BCUT2D eigenvalue weighted by Crippen LogP contribution is 2.36. The number of nitrogens with zero attached hydrogens (tertiary/aromatic N) is 2. The van der Waals surface area contributed by atoms with Gasteiger partial charge in [0.15, 0.2) is 0 Å². The predicted molar refractivity (Wildman–Crippen MR) is 112 cm³/mol. The van der Waals surface area contributed by atoms with Crippen LogP contribution in [0.4, 0.5) is 26.3 Å². The molecule has 4 rings (SSSR count). The third kappa shape index (κ3) is 5.03. The summed E-state index contributed by atoms with van der Waals surface area (Å²) in [5.41, 5.74) is -4.18. The molecular formula is C22H22F6N2O3S. The van der Waals surface area contributed by atoms with Gasteiger partial charge in [0.25, 0.3) is 0 Å². The number of hydrogen-bond acceptors (Lipinski definition) is 4. The number of benzene rings is 2. The van der Waals surface area contributed by atoms with Gasteiger partial charge in [0.2, 0.25) is 0 Å². The molecule has 0 saturated carbocycles. The molecule has 0 atom stereocenters. The van der Waals surface area contributed by atoms with Gasteiger partial charge >= 0.3 is 21.7 Å². The fourth-order valence-electron chi connectivity index (χ4n) is 4.44. The maximum Gasteiger partial charge on any atom is 0.511 e. The van der Waals surface area contributed by atoms with Crippen LogP contribution in [0.1, 0.15) is 29.5 Å². The predicted octanol–water partition coefficient (Wildman–Crippen LogP) is 5.17.